The molecule has 0 radical (unpaired) electrons. The summed E-state index contributed by atoms with van der Waals surface area (Å²) in [7, 11) is 0. The van der Waals surface area contributed by atoms with Crippen LogP contribution in [0.3, 0.4) is 0 Å². The van der Waals surface area contributed by atoms with Crippen LogP contribution in [0.15, 0.2) is 12.3 Å². The normalized spacial score (nSPS) is 14.9. The fourth-order valence-electron chi connectivity index (χ4n) is 1.37. The third kappa shape index (κ3) is 3.06. The first-order chi connectivity index (χ1) is 7.06. The number of aliphatic hydroxyl groups excluding tert-OH is 2. The van der Waals surface area contributed by atoms with Crippen molar-refractivity contribution in [1.29, 1.82) is 0 Å². The zero-order valence-electron chi connectivity index (χ0n) is 8.52. The molecule has 2 atom stereocenters. The average Bonchev–Trinajstić information content (AvgIpc) is 2.17. The van der Waals surface area contributed by atoms with Crippen LogP contribution >= 0.6 is 11.6 Å². The van der Waals surface area contributed by atoms with Crippen molar-refractivity contribution in [2.75, 3.05) is 11.6 Å². The molecule has 4 N–H and O–H groups in total. The zero-order valence-corrected chi connectivity index (χ0v) is 9.28. The van der Waals surface area contributed by atoms with E-state index < -0.39 is 12.2 Å². The van der Waals surface area contributed by atoms with Crippen LogP contribution in [0.1, 0.15) is 23.8 Å². The maximum atomic E-state index is 9.78. The molecule has 0 aliphatic carbocycles. The first kappa shape index (κ1) is 12.2. The molecule has 84 valence electrons. The van der Waals surface area contributed by atoms with E-state index in [0.29, 0.717) is 23.7 Å². The van der Waals surface area contributed by atoms with E-state index >= 15 is 0 Å². The van der Waals surface area contributed by atoms with Gasteiger partial charge in [0.15, 0.2) is 0 Å². The number of hydrogen-bond acceptors (Lipinski definition) is 4. The number of pyridine rings is 1. The Bertz CT molecular complexity index is 333. The Hall–Kier alpha value is -0.840. The monoisotopic (exact) mass is 230 g/mol. The summed E-state index contributed by atoms with van der Waals surface area (Å²) in [6.07, 6.45) is -0.116. The van der Waals surface area contributed by atoms with E-state index in [9.17, 15) is 10.2 Å². The zero-order chi connectivity index (χ0) is 11.4. The number of anilines is 1. The second kappa shape index (κ2) is 5.30. The van der Waals surface area contributed by atoms with E-state index in [1.807, 2.05) is 0 Å². The molecule has 4 nitrogen and oxygen atoms in total. The van der Waals surface area contributed by atoms with Crippen LogP contribution in [0.25, 0.3) is 0 Å². The molecule has 0 amide bonds. The Balaban J connectivity index is 2.86. The van der Waals surface area contributed by atoms with Crippen molar-refractivity contribution in [3.63, 3.8) is 0 Å². The van der Waals surface area contributed by atoms with Crippen molar-refractivity contribution in [2.45, 2.75) is 25.6 Å². The van der Waals surface area contributed by atoms with Crippen LogP contribution in [0.2, 0.25) is 0 Å². The highest BCUT2D eigenvalue weighted by Gasteiger charge is 2.20. The summed E-state index contributed by atoms with van der Waals surface area (Å²) in [6, 6.07) is 1.71. The molecule has 2 unspecified atom stereocenters. The van der Waals surface area contributed by atoms with Crippen LogP contribution in [0, 0.1) is 6.92 Å². The second-order valence-electron chi connectivity index (χ2n) is 3.46. The number of rotatable bonds is 4. The smallest absolute Gasteiger partial charge is 0.122 e. The van der Waals surface area contributed by atoms with Crippen molar-refractivity contribution in [2.24, 2.45) is 0 Å². The molecule has 0 saturated carbocycles. The molecular formula is C10H15ClN2O2. The summed E-state index contributed by atoms with van der Waals surface area (Å²) in [5, 5.41) is 19.3. The van der Waals surface area contributed by atoms with Gasteiger partial charge < -0.3 is 15.9 Å². The molecule has 0 aliphatic rings. The second-order valence-corrected chi connectivity index (χ2v) is 3.84. The average molecular weight is 231 g/mol. The van der Waals surface area contributed by atoms with Gasteiger partial charge in [0.2, 0.25) is 0 Å². The minimum atomic E-state index is -1.01. The predicted octanol–water partition coefficient (Wildman–Crippen LogP) is 0.995. The third-order valence-corrected chi connectivity index (χ3v) is 2.41. The van der Waals surface area contributed by atoms with Gasteiger partial charge in [-0.15, -0.1) is 11.6 Å². The van der Waals surface area contributed by atoms with E-state index in [1.165, 1.54) is 6.20 Å². The van der Waals surface area contributed by atoms with Gasteiger partial charge in [-0.05, 0) is 25.0 Å². The number of alkyl halides is 1. The van der Waals surface area contributed by atoms with Crippen molar-refractivity contribution in [3.05, 3.63) is 23.5 Å². The molecule has 1 aromatic rings. The lowest BCUT2D eigenvalue weighted by molar-refractivity contribution is 0.0141. The summed E-state index contributed by atoms with van der Waals surface area (Å²) < 4.78 is 0. The third-order valence-electron chi connectivity index (χ3n) is 2.19. The first-order valence-electron chi connectivity index (χ1n) is 4.70. The van der Waals surface area contributed by atoms with Crippen LogP contribution < -0.4 is 5.73 Å². The SMILES string of the molecule is Cc1cc(N)cnc1C(O)C(O)CCCl. The Morgan fingerprint density at radius 2 is 2.20 bits per heavy atom. The number of aromatic nitrogens is 1. The van der Waals surface area contributed by atoms with Gasteiger partial charge in [0.25, 0.3) is 0 Å². The number of nitrogens with zero attached hydrogens (tertiary/aromatic N) is 1. The molecule has 5 heteroatoms. The molecule has 0 aromatic carbocycles. The quantitative estimate of drug-likeness (QED) is 0.674. The van der Waals surface area contributed by atoms with Gasteiger partial charge in [-0.2, -0.15) is 0 Å². The molecule has 0 spiro atoms. The number of halogens is 1. The number of hydrogen-bond donors (Lipinski definition) is 3. The molecule has 0 fully saturated rings. The Labute approximate surface area is 93.7 Å². The lowest BCUT2D eigenvalue weighted by Crippen LogP contribution is -2.20. The highest BCUT2D eigenvalue weighted by molar-refractivity contribution is 6.17. The summed E-state index contributed by atoms with van der Waals surface area (Å²) >= 11 is 5.48. The lowest BCUT2D eigenvalue weighted by atomic mass is 10.0. The van der Waals surface area contributed by atoms with Gasteiger partial charge in [-0.1, -0.05) is 0 Å². The summed E-state index contributed by atoms with van der Waals surface area (Å²) in [6.45, 7) is 1.79. The number of nitrogens with two attached hydrogens (primary N) is 1. The summed E-state index contributed by atoms with van der Waals surface area (Å²) in [4.78, 5) is 4.00. The number of aliphatic hydroxyl groups is 2. The molecule has 0 saturated heterocycles. The van der Waals surface area contributed by atoms with Crippen molar-refractivity contribution in [1.82, 2.24) is 4.98 Å². The van der Waals surface area contributed by atoms with Crippen LogP contribution in [0.4, 0.5) is 5.69 Å². The van der Waals surface area contributed by atoms with Crippen molar-refractivity contribution >= 4 is 17.3 Å². The predicted molar refractivity (Wildman–Crippen MR) is 59.7 cm³/mol. The van der Waals surface area contributed by atoms with E-state index in [-0.39, 0.29) is 0 Å². The van der Waals surface area contributed by atoms with E-state index in [4.69, 9.17) is 17.3 Å². The molecule has 1 aromatic heterocycles. The van der Waals surface area contributed by atoms with Gasteiger partial charge in [-0.25, -0.2) is 0 Å². The van der Waals surface area contributed by atoms with Gasteiger partial charge in [0.1, 0.15) is 6.10 Å². The minimum absolute atomic E-state index is 0.298. The Morgan fingerprint density at radius 1 is 1.53 bits per heavy atom. The van der Waals surface area contributed by atoms with Crippen LogP contribution in [-0.2, 0) is 0 Å². The van der Waals surface area contributed by atoms with E-state index in [1.54, 1.807) is 13.0 Å². The summed E-state index contributed by atoms with van der Waals surface area (Å²) in [5.74, 6) is 0.298. The molecule has 1 heterocycles. The molecule has 0 aliphatic heterocycles. The molecule has 0 bridgehead atoms. The molecular weight excluding hydrogens is 216 g/mol. The largest absolute Gasteiger partial charge is 0.397 e. The molecule has 15 heavy (non-hydrogen) atoms. The van der Waals surface area contributed by atoms with Gasteiger partial charge in [0.05, 0.1) is 23.7 Å². The topological polar surface area (TPSA) is 79.4 Å². The maximum absolute atomic E-state index is 9.78. The number of nitrogen functional groups attached to an aromatic ring is 1. The highest BCUT2D eigenvalue weighted by atomic mass is 35.5. The van der Waals surface area contributed by atoms with E-state index in [2.05, 4.69) is 4.98 Å². The molecule has 1 rings (SSSR count). The highest BCUT2D eigenvalue weighted by Crippen LogP contribution is 2.21. The number of aryl methyl sites for hydroxylation is 1. The van der Waals surface area contributed by atoms with Gasteiger partial charge in [0, 0.05) is 5.88 Å². The van der Waals surface area contributed by atoms with Gasteiger partial charge >= 0.3 is 0 Å². The fraction of sp³-hybridized carbons (Fsp3) is 0.500. The van der Waals surface area contributed by atoms with Gasteiger partial charge in [-0.3, -0.25) is 4.98 Å². The Kier molecular flexibility index (Phi) is 4.32. The Morgan fingerprint density at radius 3 is 2.73 bits per heavy atom. The minimum Gasteiger partial charge on any atom is -0.397 e. The maximum Gasteiger partial charge on any atom is 0.122 e. The lowest BCUT2D eigenvalue weighted by Gasteiger charge is -2.18. The fourth-order valence-corrected chi connectivity index (χ4v) is 1.59. The summed E-state index contributed by atoms with van der Waals surface area (Å²) in [5.41, 5.74) is 7.28. The van der Waals surface area contributed by atoms with Crippen LogP contribution in [-0.4, -0.2) is 27.2 Å². The van der Waals surface area contributed by atoms with Crippen molar-refractivity contribution < 1.29 is 10.2 Å². The first-order valence-corrected chi connectivity index (χ1v) is 5.23. The standard InChI is InChI=1S/C10H15ClN2O2/c1-6-4-7(12)5-13-9(6)10(15)8(14)2-3-11/h4-5,8,10,14-15H,2-3,12H2,1H3. The van der Waals surface area contributed by atoms with E-state index in [0.717, 1.165) is 5.56 Å². The van der Waals surface area contributed by atoms with Crippen LogP contribution in [0.5, 0.6) is 0 Å². The van der Waals surface area contributed by atoms with Crippen molar-refractivity contribution in [3.8, 4) is 0 Å².